The zero-order valence-electron chi connectivity index (χ0n) is 13.1. The molecule has 2 N–H and O–H groups in total. The Labute approximate surface area is 131 Å². The van der Waals surface area contributed by atoms with E-state index in [4.69, 9.17) is 5.11 Å². The number of aliphatic hydroxyl groups excluding tert-OH is 1. The van der Waals surface area contributed by atoms with Gasteiger partial charge in [-0.05, 0) is 11.1 Å². The molecule has 2 heterocycles. The minimum absolute atomic E-state index is 0.0818. The van der Waals surface area contributed by atoms with Crippen molar-refractivity contribution in [2.75, 3.05) is 29.9 Å². The minimum atomic E-state index is 0.0818. The average molecular weight is 298 g/mol. The number of hydrogen-bond donors (Lipinski definition) is 2. The van der Waals surface area contributed by atoms with Crippen molar-refractivity contribution in [1.29, 1.82) is 0 Å². The van der Waals surface area contributed by atoms with Crippen LogP contribution in [0.15, 0.2) is 36.7 Å². The van der Waals surface area contributed by atoms with Gasteiger partial charge in [0.05, 0.1) is 6.61 Å². The zero-order valence-corrected chi connectivity index (χ0v) is 13.1. The molecule has 1 aromatic heterocycles. The van der Waals surface area contributed by atoms with Crippen molar-refractivity contribution in [3.05, 3.63) is 47.8 Å². The fourth-order valence-corrected chi connectivity index (χ4v) is 3.10. The Hall–Kier alpha value is -2.14. The molecule has 0 saturated carbocycles. The summed E-state index contributed by atoms with van der Waals surface area (Å²) in [4.78, 5) is 10.9. The lowest BCUT2D eigenvalue weighted by molar-refractivity contribution is 0.311. The Morgan fingerprint density at radius 3 is 2.91 bits per heavy atom. The third kappa shape index (κ3) is 2.90. The molecular weight excluding hydrogens is 276 g/mol. The normalized spacial score (nSPS) is 16.2. The highest BCUT2D eigenvalue weighted by Crippen LogP contribution is 2.35. The molecule has 1 aliphatic heterocycles. The summed E-state index contributed by atoms with van der Waals surface area (Å²) in [6.45, 7) is 6.89. The van der Waals surface area contributed by atoms with Gasteiger partial charge in [-0.25, -0.2) is 9.97 Å². The number of hydrogen-bond acceptors (Lipinski definition) is 5. The predicted octanol–water partition coefficient (Wildman–Crippen LogP) is 2.18. The summed E-state index contributed by atoms with van der Waals surface area (Å²) in [7, 11) is 0. The van der Waals surface area contributed by atoms with Gasteiger partial charge in [-0.3, -0.25) is 0 Å². The summed E-state index contributed by atoms with van der Waals surface area (Å²) in [5.74, 6) is 1.66. The smallest absolute Gasteiger partial charge is 0.134 e. The van der Waals surface area contributed by atoms with Crippen molar-refractivity contribution in [2.24, 2.45) is 0 Å². The first-order chi connectivity index (χ1) is 10.6. The summed E-state index contributed by atoms with van der Waals surface area (Å²) in [6.07, 6.45) is 1.57. The van der Waals surface area contributed by atoms with Crippen LogP contribution in [-0.4, -0.2) is 34.8 Å². The Morgan fingerprint density at radius 2 is 2.09 bits per heavy atom. The van der Waals surface area contributed by atoms with E-state index in [0.717, 1.165) is 24.7 Å². The number of aliphatic hydroxyl groups is 1. The number of fused-ring (bicyclic) bond motifs is 1. The fraction of sp³-hybridized carbons (Fsp3) is 0.412. The zero-order chi connectivity index (χ0) is 15.6. The second-order valence-electron chi connectivity index (χ2n) is 6.31. The van der Waals surface area contributed by atoms with Gasteiger partial charge >= 0.3 is 0 Å². The number of nitrogens with zero attached hydrogens (tertiary/aromatic N) is 3. The molecule has 0 spiro atoms. The second kappa shape index (κ2) is 5.93. The number of anilines is 2. The van der Waals surface area contributed by atoms with Crippen LogP contribution in [0.25, 0.3) is 0 Å². The number of rotatable bonds is 4. The molecule has 0 radical (unpaired) electrons. The van der Waals surface area contributed by atoms with E-state index in [0.29, 0.717) is 6.54 Å². The summed E-state index contributed by atoms with van der Waals surface area (Å²) in [6, 6.07) is 10.6. The summed E-state index contributed by atoms with van der Waals surface area (Å²) in [5.41, 5.74) is 2.85. The number of aromatic nitrogens is 2. The molecular formula is C17H22N4O. The second-order valence-corrected chi connectivity index (χ2v) is 6.31. The predicted molar refractivity (Wildman–Crippen MR) is 88.1 cm³/mol. The molecule has 0 saturated heterocycles. The summed E-state index contributed by atoms with van der Waals surface area (Å²) in [5, 5.41) is 12.0. The highest BCUT2D eigenvalue weighted by atomic mass is 16.3. The van der Waals surface area contributed by atoms with E-state index in [-0.39, 0.29) is 12.0 Å². The number of benzene rings is 1. The van der Waals surface area contributed by atoms with Gasteiger partial charge < -0.3 is 15.3 Å². The Kier molecular flexibility index (Phi) is 3.98. The fourth-order valence-electron chi connectivity index (χ4n) is 3.10. The van der Waals surface area contributed by atoms with Crippen LogP contribution in [0.2, 0.25) is 0 Å². The Balaban J connectivity index is 1.88. The SMILES string of the molecule is CC1(C)CN(c2cc(NCCO)ncn2)Cc2ccccc21. The molecule has 0 amide bonds. The molecule has 116 valence electrons. The molecule has 1 aromatic carbocycles. The van der Waals surface area contributed by atoms with Crippen molar-refractivity contribution < 1.29 is 5.11 Å². The third-order valence-corrected chi connectivity index (χ3v) is 4.09. The molecule has 22 heavy (non-hydrogen) atoms. The van der Waals surface area contributed by atoms with Crippen LogP contribution >= 0.6 is 0 Å². The van der Waals surface area contributed by atoms with Gasteiger partial charge in [-0.2, -0.15) is 0 Å². The van der Waals surface area contributed by atoms with Gasteiger partial charge in [-0.1, -0.05) is 38.1 Å². The molecule has 5 nitrogen and oxygen atoms in total. The van der Waals surface area contributed by atoms with Gasteiger partial charge in [0, 0.05) is 31.1 Å². The van der Waals surface area contributed by atoms with E-state index in [1.807, 2.05) is 6.07 Å². The standard InChI is InChI=1S/C17H22N4O/c1-17(2)11-21(10-13-5-3-4-6-14(13)17)16-9-15(18-7-8-22)19-12-20-16/h3-6,9,12,22H,7-8,10-11H2,1-2H3,(H,18,19,20). The van der Waals surface area contributed by atoms with E-state index in [9.17, 15) is 0 Å². The monoisotopic (exact) mass is 298 g/mol. The van der Waals surface area contributed by atoms with Gasteiger partial charge in [0.15, 0.2) is 0 Å². The van der Waals surface area contributed by atoms with Crippen molar-refractivity contribution in [1.82, 2.24) is 9.97 Å². The summed E-state index contributed by atoms with van der Waals surface area (Å²) < 4.78 is 0. The third-order valence-electron chi connectivity index (χ3n) is 4.09. The topological polar surface area (TPSA) is 61.3 Å². The molecule has 0 aliphatic carbocycles. The largest absolute Gasteiger partial charge is 0.395 e. The first-order valence-corrected chi connectivity index (χ1v) is 7.60. The van der Waals surface area contributed by atoms with Crippen LogP contribution in [0.3, 0.4) is 0 Å². The van der Waals surface area contributed by atoms with E-state index >= 15 is 0 Å². The first-order valence-electron chi connectivity index (χ1n) is 7.60. The molecule has 0 bridgehead atoms. The Bertz CT molecular complexity index is 657. The quantitative estimate of drug-likeness (QED) is 0.906. The van der Waals surface area contributed by atoms with Crippen molar-refractivity contribution in [3.8, 4) is 0 Å². The molecule has 0 atom stereocenters. The van der Waals surface area contributed by atoms with E-state index in [1.165, 1.54) is 11.1 Å². The van der Waals surface area contributed by atoms with E-state index in [1.54, 1.807) is 6.33 Å². The lowest BCUT2D eigenvalue weighted by atomic mass is 9.78. The maximum absolute atomic E-state index is 8.91. The first kappa shape index (κ1) is 14.8. The highest BCUT2D eigenvalue weighted by Gasteiger charge is 2.31. The van der Waals surface area contributed by atoms with Crippen LogP contribution in [0.1, 0.15) is 25.0 Å². The van der Waals surface area contributed by atoms with E-state index in [2.05, 4.69) is 58.3 Å². The summed E-state index contributed by atoms with van der Waals surface area (Å²) >= 11 is 0. The molecule has 5 heteroatoms. The minimum Gasteiger partial charge on any atom is -0.395 e. The van der Waals surface area contributed by atoms with Gasteiger partial charge in [-0.15, -0.1) is 0 Å². The van der Waals surface area contributed by atoms with Gasteiger partial charge in [0.1, 0.15) is 18.0 Å². The van der Waals surface area contributed by atoms with Gasteiger partial charge in [0.25, 0.3) is 0 Å². The lowest BCUT2D eigenvalue weighted by Crippen LogP contribution is -2.42. The van der Waals surface area contributed by atoms with Crippen LogP contribution in [0, 0.1) is 0 Å². The van der Waals surface area contributed by atoms with Crippen molar-refractivity contribution in [2.45, 2.75) is 25.8 Å². The maximum Gasteiger partial charge on any atom is 0.134 e. The van der Waals surface area contributed by atoms with Crippen molar-refractivity contribution in [3.63, 3.8) is 0 Å². The van der Waals surface area contributed by atoms with E-state index < -0.39 is 0 Å². The molecule has 2 aromatic rings. The number of nitrogens with one attached hydrogen (secondary N) is 1. The molecule has 3 rings (SSSR count). The van der Waals surface area contributed by atoms with Crippen molar-refractivity contribution >= 4 is 11.6 Å². The van der Waals surface area contributed by atoms with Crippen LogP contribution in [-0.2, 0) is 12.0 Å². The van der Waals surface area contributed by atoms with Crippen LogP contribution in [0.4, 0.5) is 11.6 Å². The van der Waals surface area contributed by atoms with Gasteiger partial charge in [0.2, 0.25) is 0 Å². The maximum atomic E-state index is 8.91. The average Bonchev–Trinajstić information content (AvgIpc) is 2.52. The molecule has 1 aliphatic rings. The van der Waals surface area contributed by atoms with Crippen LogP contribution < -0.4 is 10.2 Å². The Morgan fingerprint density at radius 1 is 1.27 bits per heavy atom. The highest BCUT2D eigenvalue weighted by molar-refractivity contribution is 5.52. The molecule has 0 fully saturated rings. The van der Waals surface area contributed by atoms with Crippen LogP contribution in [0.5, 0.6) is 0 Å². The molecule has 0 unspecified atom stereocenters. The lowest BCUT2D eigenvalue weighted by Gasteiger charge is -2.40.